The van der Waals surface area contributed by atoms with Crippen LogP contribution in [0.1, 0.15) is 4.88 Å². The van der Waals surface area contributed by atoms with Gasteiger partial charge in [0, 0.05) is 48.8 Å². The van der Waals surface area contributed by atoms with Gasteiger partial charge in [-0.3, -0.25) is 4.90 Å². The van der Waals surface area contributed by atoms with Crippen molar-refractivity contribution in [3.8, 4) is 0 Å². The van der Waals surface area contributed by atoms with Crippen molar-refractivity contribution in [1.82, 2.24) is 14.2 Å². The number of nitrogens with zero attached hydrogens (tertiary/aromatic N) is 3. The number of sulfonamides is 1. The monoisotopic (exact) mass is 408 g/mol. The van der Waals surface area contributed by atoms with Gasteiger partial charge in [-0.15, -0.1) is 23.7 Å². The van der Waals surface area contributed by atoms with Gasteiger partial charge in [0.2, 0.25) is 10.0 Å². The van der Waals surface area contributed by atoms with E-state index in [2.05, 4.69) is 9.88 Å². The van der Waals surface area contributed by atoms with Crippen molar-refractivity contribution in [2.24, 2.45) is 0 Å². The van der Waals surface area contributed by atoms with Crippen LogP contribution in [0.2, 0.25) is 5.02 Å². The van der Waals surface area contributed by atoms with Gasteiger partial charge in [0.05, 0.1) is 4.90 Å². The molecule has 3 rings (SSSR count). The van der Waals surface area contributed by atoms with Crippen LogP contribution in [0, 0.1) is 0 Å². The Labute approximate surface area is 156 Å². The second-order valence-electron chi connectivity index (χ2n) is 5.30. The number of rotatable bonds is 4. The molecule has 0 amide bonds. The van der Waals surface area contributed by atoms with Crippen molar-refractivity contribution >= 4 is 50.5 Å². The van der Waals surface area contributed by atoms with Gasteiger partial charge in [0.15, 0.2) is 5.13 Å². The maximum Gasteiger partial charge on any atom is 0.243 e. The molecule has 0 spiro atoms. The summed E-state index contributed by atoms with van der Waals surface area (Å²) in [6.45, 7) is 3.03. The van der Waals surface area contributed by atoms with Gasteiger partial charge < -0.3 is 5.73 Å². The Hall–Kier alpha value is -0.900. The van der Waals surface area contributed by atoms with Gasteiger partial charge >= 0.3 is 0 Å². The van der Waals surface area contributed by atoms with E-state index in [1.54, 1.807) is 24.4 Å². The molecule has 0 unspecified atom stereocenters. The van der Waals surface area contributed by atoms with Gasteiger partial charge in [0.25, 0.3) is 0 Å². The van der Waals surface area contributed by atoms with Gasteiger partial charge in [-0.25, -0.2) is 13.4 Å². The minimum atomic E-state index is -3.48. The summed E-state index contributed by atoms with van der Waals surface area (Å²) < 4.78 is 26.8. The molecule has 0 bridgehead atoms. The van der Waals surface area contributed by atoms with E-state index in [9.17, 15) is 8.42 Å². The zero-order valence-corrected chi connectivity index (χ0v) is 16.0. The number of halogens is 2. The predicted molar refractivity (Wildman–Crippen MR) is 99.3 cm³/mol. The first-order valence-electron chi connectivity index (χ1n) is 7.13. The molecule has 1 saturated heterocycles. The van der Waals surface area contributed by atoms with E-state index in [0.717, 1.165) is 11.4 Å². The summed E-state index contributed by atoms with van der Waals surface area (Å²) in [5.74, 6) is 0. The number of hydrogen-bond acceptors (Lipinski definition) is 6. The Morgan fingerprint density at radius 3 is 2.54 bits per heavy atom. The summed E-state index contributed by atoms with van der Waals surface area (Å²) in [7, 11) is -3.48. The first-order valence-corrected chi connectivity index (χ1v) is 9.77. The number of piperazine rings is 1. The van der Waals surface area contributed by atoms with Crippen LogP contribution >= 0.6 is 35.3 Å². The van der Waals surface area contributed by atoms with Crippen molar-refractivity contribution in [3.05, 3.63) is 40.4 Å². The number of hydrogen-bond donors (Lipinski definition) is 1. The summed E-state index contributed by atoms with van der Waals surface area (Å²) in [4.78, 5) is 7.58. The lowest BCUT2D eigenvalue weighted by Gasteiger charge is -2.33. The van der Waals surface area contributed by atoms with Crippen molar-refractivity contribution in [3.63, 3.8) is 0 Å². The molecule has 2 aromatic rings. The summed E-state index contributed by atoms with van der Waals surface area (Å²) in [6, 6.07) is 6.38. The van der Waals surface area contributed by atoms with Crippen molar-refractivity contribution in [2.45, 2.75) is 11.4 Å². The summed E-state index contributed by atoms with van der Waals surface area (Å²) in [6.07, 6.45) is 1.77. The molecular formula is C14H18Cl2N4O2S2. The van der Waals surface area contributed by atoms with E-state index in [4.69, 9.17) is 17.3 Å². The van der Waals surface area contributed by atoms with Crippen molar-refractivity contribution in [2.75, 3.05) is 31.9 Å². The highest BCUT2D eigenvalue weighted by molar-refractivity contribution is 7.89. The van der Waals surface area contributed by atoms with Crippen LogP contribution in [-0.4, -0.2) is 48.8 Å². The van der Waals surface area contributed by atoms with Gasteiger partial charge in [-0.2, -0.15) is 4.31 Å². The molecule has 132 valence electrons. The summed E-state index contributed by atoms with van der Waals surface area (Å²) in [5.41, 5.74) is 5.63. The largest absolute Gasteiger partial charge is 0.375 e. The number of aromatic nitrogens is 1. The van der Waals surface area contributed by atoms with Gasteiger partial charge in [-0.1, -0.05) is 17.7 Å². The van der Waals surface area contributed by atoms with E-state index in [0.29, 0.717) is 36.3 Å². The quantitative estimate of drug-likeness (QED) is 0.839. The number of nitrogens with two attached hydrogens (primary N) is 1. The Bertz CT molecular complexity index is 790. The number of benzene rings is 1. The number of nitrogen functional groups attached to an aromatic ring is 1. The van der Waals surface area contributed by atoms with E-state index in [-0.39, 0.29) is 17.3 Å². The first-order chi connectivity index (χ1) is 10.9. The smallest absolute Gasteiger partial charge is 0.243 e. The van der Waals surface area contributed by atoms with E-state index >= 15 is 0 Å². The molecule has 10 heteroatoms. The summed E-state index contributed by atoms with van der Waals surface area (Å²) in [5, 5.41) is 0.981. The molecule has 2 heterocycles. The van der Waals surface area contributed by atoms with Crippen LogP contribution in [0.25, 0.3) is 0 Å². The fourth-order valence-electron chi connectivity index (χ4n) is 2.52. The molecule has 6 nitrogen and oxygen atoms in total. The average Bonchev–Trinajstić information content (AvgIpc) is 2.93. The SMILES string of the molecule is Cl.Nc1ncc(CN2CCN(S(=O)(=O)c3cccc(Cl)c3)CC2)s1. The third-order valence-electron chi connectivity index (χ3n) is 3.72. The van der Waals surface area contributed by atoms with Gasteiger partial charge in [-0.05, 0) is 18.2 Å². The minimum absolute atomic E-state index is 0. The standard InChI is InChI=1S/C14H17ClN4O2S2.ClH/c15-11-2-1-3-13(8-11)23(20,21)19-6-4-18(5-7-19)10-12-9-17-14(16)22-12;/h1-3,8-9H,4-7,10H2,(H2,16,17);1H. The van der Waals surface area contributed by atoms with E-state index < -0.39 is 10.0 Å². The lowest BCUT2D eigenvalue weighted by atomic mass is 10.3. The normalized spacial score (nSPS) is 16.7. The minimum Gasteiger partial charge on any atom is -0.375 e. The molecule has 1 aromatic carbocycles. The fourth-order valence-corrected chi connectivity index (χ4v) is 4.97. The van der Waals surface area contributed by atoms with E-state index in [1.165, 1.54) is 21.7 Å². The Kier molecular flexibility index (Phi) is 6.46. The molecule has 0 saturated carbocycles. The van der Waals surface area contributed by atoms with Crippen molar-refractivity contribution in [1.29, 1.82) is 0 Å². The van der Waals surface area contributed by atoms with Gasteiger partial charge in [0.1, 0.15) is 0 Å². The van der Waals surface area contributed by atoms with Crippen molar-refractivity contribution < 1.29 is 8.42 Å². The highest BCUT2D eigenvalue weighted by Gasteiger charge is 2.28. The molecule has 0 atom stereocenters. The summed E-state index contributed by atoms with van der Waals surface area (Å²) >= 11 is 7.36. The Morgan fingerprint density at radius 1 is 1.25 bits per heavy atom. The van der Waals surface area contributed by atoms with Crippen LogP contribution in [-0.2, 0) is 16.6 Å². The Morgan fingerprint density at radius 2 is 1.96 bits per heavy atom. The molecule has 24 heavy (non-hydrogen) atoms. The highest BCUT2D eigenvalue weighted by Crippen LogP contribution is 2.22. The van der Waals surface area contributed by atoms with E-state index in [1.807, 2.05) is 0 Å². The lowest BCUT2D eigenvalue weighted by Crippen LogP contribution is -2.48. The third-order valence-corrected chi connectivity index (χ3v) is 6.66. The molecule has 1 aliphatic rings. The van der Waals surface area contributed by atoms with Crippen LogP contribution in [0.15, 0.2) is 35.4 Å². The number of anilines is 1. The van der Waals surface area contributed by atoms with Crippen LogP contribution in [0.3, 0.4) is 0 Å². The molecule has 1 aromatic heterocycles. The lowest BCUT2D eigenvalue weighted by molar-refractivity contribution is 0.183. The second kappa shape index (κ2) is 7.99. The zero-order chi connectivity index (χ0) is 16.4. The molecular weight excluding hydrogens is 391 g/mol. The fraction of sp³-hybridized carbons (Fsp3) is 0.357. The molecule has 2 N–H and O–H groups in total. The Balaban J connectivity index is 0.00000208. The molecule has 0 aliphatic carbocycles. The number of thiazole rings is 1. The van der Waals surface area contributed by atoms with Crippen LogP contribution in [0.5, 0.6) is 0 Å². The average molecular weight is 409 g/mol. The zero-order valence-electron chi connectivity index (χ0n) is 12.8. The second-order valence-corrected chi connectivity index (χ2v) is 8.82. The predicted octanol–water partition coefficient (Wildman–Crippen LogP) is 2.31. The highest BCUT2D eigenvalue weighted by atomic mass is 35.5. The topological polar surface area (TPSA) is 79.5 Å². The molecule has 0 radical (unpaired) electrons. The first kappa shape index (κ1) is 19.4. The maximum absolute atomic E-state index is 12.6. The van der Waals surface area contributed by atoms with Crippen LogP contribution < -0.4 is 5.73 Å². The molecule has 1 fully saturated rings. The maximum atomic E-state index is 12.6. The van der Waals surface area contributed by atoms with Crippen LogP contribution in [0.4, 0.5) is 5.13 Å². The molecule has 1 aliphatic heterocycles. The third kappa shape index (κ3) is 4.38.